The smallest absolute Gasteiger partial charge is 0.309 e. The first-order chi connectivity index (χ1) is 17.1. The lowest BCUT2D eigenvalue weighted by atomic mass is 9.79. The molecule has 2 fully saturated rings. The number of carbonyl (C=O) groups is 4. The second-order valence-corrected chi connectivity index (χ2v) is 11.2. The molecule has 3 amide bonds. The molecule has 1 N–H and O–H groups in total. The van der Waals surface area contributed by atoms with E-state index in [1.54, 1.807) is 4.90 Å². The van der Waals surface area contributed by atoms with Crippen LogP contribution in [0, 0.1) is 5.92 Å². The number of benzene rings is 1. The quantitative estimate of drug-likeness (QED) is 0.434. The number of amides is 3. The molecular weight excluding hydrogens is 460 g/mol. The van der Waals surface area contributed by atoms with Crippen LogP contribution in [-0.2, 0) is 25.7 Å². The van der Waals surface area contributed by atoms with E-state index in [9.17, 15) is 19.2 Å². The van der Waals surface area contributed by atoms with Crippen LogP contribution in [0.5, 0.6) is 0 Å². The second kappa shape index (κ2) is 10.6. The molecule has 9 heteroatoms. The first-order valence-electron chi connectivity index (χ1n) is 12.9. The lowest BCUT2D eigenvalue weighted by molar-refractivity contribution is -0.165. The summed E-state index contributed by atoms with van der Waals surface area (Å²) in [6.45, 7) is 11.9. The molecule has 0 aromatic heterocycles. The summed E-state index contributed by atoms with van der Waals surface area (Å²) in [6, 6.07) is 6.42. The van der Waals surface area contributed by atoms with Gasteiger partial charge in [-0.1, -0.05) is 0 Å². The van der Waals surface area contributed by atoms with Crippen molar-refractivity contribution in [1.82, 2.24) is 15.1 Å². The van der Waals surface area contributed by atoms with Gasteiger partial charge >= 0.3 is 5.97 Å². The van der Waals surface area contributed by atoms with E-state index in [0.717, 1.165) is 55.8 Å². The first-order valence-corrected chi connectivity index (χ1v) is 12.9. The lowest BCUT2D eigenvalue weighted by Crippen LogP contribution is -2.55. The highest BCUT2D eigenvalue weighted by atomic mass is 16.6. The van der Waals surface area contributed by atoms with Crippen molar-refractivity contribution in [2.75, 3.05) is 31.1 Å². The van der Waals surface area contributed by atoms with E-state index >= 15 is 0 Å². The number of rotatable bonds is 8. The molecule has 1 aliphatic carbocycles. The molecule has 36 heavy (non-hydrogen) atoms. The molecule has 1 unspecified atom stereocenters. The SMILES string of the molecule is CC(CCC(=O)NC=O)N1Cc2cc(N3CCN(C4CC(C(=O)OC(C)(C)C)C4)CC3)ccc2C1=O. The summed E-state index contributed by atoms with van der Waals surface area (Å²) >= 11 is 0. The van der Waals surface area contributed by atoms with Crippen molar-refractivity contribution >= 4 is 29.9 Å². The summed E-state index contributed by atoms with van der Waals surface area (Å²) in [5.41, 5.74) is 2.44. The number of anilines is 1. The Labute approximate surface area is 213 Å². The fourth-order valence-electron chi connectivity index (χ4n) is 5.32. The predicted octanol–water partition coefficient (Wildman–Crippen LogP) is 2.33. The zero-order chi connectivity index (χ0) is 26.0. The molecule has 1 saturated heterocycles. The zero-order valence-electron chi connectivity index (χ0n) is 21.8. The maximum atomic E-state index is 12.9. The van der Waals surface area contributed by atoms with E-state index < -0.39 is 5.60 Å². The molecule has 9 nitrogen and oxygen atoms in total. The number of hydrogen-bond donors (Lipinski definition) is 1. The molecular formula is C27H38N4O5. The van der Waals surface area contributed by atoms with Crippen molar-refractivity contribution in [2.45, 2.75) is 77.6 Å². The Morgan fingerprint density at radius 3 is 2.50 bits per heavy atom. The summed E-state index contributed by atoms with van der Waals surface area (Å²) in [4.78, 5) is 53.8. The van der Waals surface area contributed by atoms with Crippen LogP contribution in [0.3, 0.4) is 0 Å². The Kier molecular flexibility index (Phi) is 7.68. The molecule has 3 aliphatic rings. The fourth-order valence-corrected chi connectivity index (χ4v) is 5.32. The van der Waals surface area contributed by atoms with Gasteiger partial charge in [0.1, 0.15) is 5.60 Å². The van der Waals surface area contributed by atoms with Gasteiger partial charge in [-0.2, -0.15) is 0 Å². The number of nitrogens with one attached hydrogen (secondary N) is 1. The third-order valence-electron chi connectivity index (χ3n) is 7.51. The Morgan fingerprint density at radius 1 is 1.17 bits per heavy atom. The van der Waals surface area contributed by atoms with E-state index in [-0.39, 0.29) is 36.2 Å². The molecule has 0 spiro atoms. The number of esters is 1. The van der Waals surface area contributed by atoms with Crippen molar-refractivity contribution in [3.05, 3.63) is 29.3 Å². The topological polar surface area (TPSA) is 99.3 Å². The van der Waals surface area contributed by atoms with Crippen molar-refractivity contribution in [3.8, 4) is 0 Å². The third-order valence-corrected chi connectivity index (χ3v) is 7.51. The molecule has 4 rings (SSSR count). The highest BCUT2D eigenvalue weighted by molar-refractivity contribution is 5.99. The lowest BCUT2D eigenvalue weighted by Gasteiger charge is -2.46. The minimum absolute atomic E-state index is 0.00538. The Balaban J connectivity index is 1.27. The van der Waals surface area contributed by atoms with Crippen LogP contribution in [-0.4, -0.2) is 77.9 Å². The molecule has 1 aromatic carbocycles. The second-order valence-electron chi connectivity index (χ2n) is 11.2. The van der Waals surface area contributed by atoms with Crippen LogP contribution in [0.2, 0.25) is 0 Å². The number of piperazine rings is 1. The number of carbonyl (C=O) groups excluding carboxylic acids is 4. The van der Waals surface area contributed by atoms with Gasteiger partial charge in [-0.05, 0) is 70.7 Å². The molecule has 2 aliphatic heterocycles. The first kappa shape index (κ1) is 26.1. The monoisotopic (exact) mass is 498 g/mol. The normalized spacial score (nSPS) is 23.1. The molecule has 2 heterocycles. The maximum Gasteiger partial charge on any atom is 0.309 e. The number of hydrogen-bond acceptors (Lipinski definition) is 7. The Morgan fingerprint density at radius 2 is 1.86 bits per heavy atom. The van der Waals surface area contributed by atoms with E-state index in [1.807, 2.05) is 39.8 Å². The minimum Gasteiger partial charge on any atom is -0.460 e. The third kappa shape index (κ3) is 5.88. The van der Waals surface area contributed by atoms with Crippen LogP contribution in [0.15, 0.2) is 18.2 Å². The van der Waals surface area contributed by atoms with Crippen LogP contribution < -0.4 is 10.2 Å². The van der Waals surface area contributed by atoms with E-state index in [0.29, 0.717) is 25.4 Å². The van der Waals surface area contributed by atoms with Gasteiger partial charge in [0, 0.05) is 62.5 Å². The van der Waals surface area contributed by atoms with Gasteiger partial charge in [-0.15, -0.1) is 0 Å². The minimum atomic E-state index is -0.434. The summed E-state index contributed by atoms with van der Waals surface area (Å²) in [6.07, 6.45) is 2.85. The van der Waals surface area contributed by atoms with E-state index in [1.165, 1.54) is 0 Å². The average Bonchev–Trinajstić information content (AvgIpc) is 3.12. The number of fused-ring (bicyclic) bond motifs is 1. The summed E-state index contributed by atoms with van der Waals surface area (Å²) < 4.78 is 5.53. The van der Waals surface area contributed by atoms with Gasteiger partial charge in [-0.25, -0.2) is 0 Å². The van der Waals surface area contributed by atoms with Crippen LogP contribution >= 0.6 is 0 Å². The van der Waals surface area contributed by atoms with Gasteiger partial charge in [0.15, 0.2) is 0 Å². The molecule has 1 atom stereocenters. The highest BCUT2D eigenvalue weighted by Gasteiger charge is 2.41. The van der Waals surface area contributed by atoms with Crippen molar-refractivity contribution in [3.63, 3.8) is 0 Å². The molecule has 0 bridgehead atoms. The Hall–Kier alpha value is -2.94. The van der Waals surface area contributed by atoms with E-state index in [2.05, 4.69) is 21.2 Å². The van der Waals surface area contributed by atoms with Gasteiger partial charge in [0.2, 0.25) is 12.3 Å². The van der Waals surface area contributed by atoms with Crippen molar-refractivity contribution < 1.29 is 23.9 Å². The van der Waals surface area contributed by atoms with Gasteiger partial charge in [-0.3, -0.25) is 29.4 Å². The van der Waals surface area contributed by atoms with Crippen LogP contribution in [0.4, 0.5) is 5.69 Å². The van der Waals surface area contributed by atoms with Crippen molar-refractivity contribution in [2.24, 2.45) is 5.92 Å². The summed E-state index contributed by atoms with van der Waals surface area (Å²) in [7, 11) is 0. The predicted molar refractivity (Wildman–Crippen MR) is 135 cm³/mol. The number of ether oxygens (including phenoxy) is 1. The molecule has 1 aromatic rings. The standard InChI is InChI=1S/C27H38N4O5/c1-18(5-8-24(33)28-17-32)31-16-20-15-21(6-7-23(20)25(31)34)29-9-11-30(12-10-29)22-13-19(14-22)26(35)36-27(2,3)4/h6-7,15,17-19,22H,5,8-14,16H2,1-4H3,(H,28,32,33). The van der Waals surface area contributed by atoms with Crippen LogP contribution in [0.1, 0.15) is 69.3 Å². The molecule has 1 saturated carbocycles. The Bertz CT molecular complexity index is 1010. The van der Waals surface area contributed by atoms with Gasteiger partial charge < -0.3 is 14.5 Å². The van der Waals surface area contributed by atoms with Crippen LogP contribution in [0.25, 0.3) is 0 Å². The maximum absolute atomic E-state index is 12.9. The summed E-state index contributed by atoms with van der Waals surface area (Å²) in [5, 5.41) is 2.14. The number of imide groups is 1. The largest absolute Gasteiger partial charge is 0.460 e. The van der Waals surface area contributed by atoms with Crippen molar-refractivity contribution in [1.29, 1.82) is 0 Å². The van der Waals surface area contributed by atoms with E-state index in [4.69, 9.17) is 4.74 Å². The molecule has 0 radical (unpaired) electrons. The van der Waals surface area contributed by atoms with Gasteiger partial charge in [0.25, 0.3) is 5.91 Å². The molecule has 196 valence electrons. The fraction of sp³-hybridized carbons (Fsp3) is 0.630. The zero-order valence-corrected chi connectivity index (χ0v) is 21.8. The highest BCUT2D eigenvalue weighted by Crippen LogP contribution is 2.35. The average molecular weight is 499 g/mol. The summed E-state index contributed by atoms with van der Waals surface area (Å²) in [5.74, 6) is -0.386. The van der Waals surface area contributed by atoms with Gasteiger partial charge in [0.05, 0.1) is 5.92 Å². The number of nitrogens with zero attached hydrogens (tertiary/aromatic N) is 3.